The first-order valence-corrected chi connectivity index (χ1v) is 8.02. The van der Waals surface area contributed by atoms with Crippen LogP contribution in [0.5, 0.6) is 0 Å². The maximum atomic E-state index is 5.71. The second kappa shape index (κ2) is 6.40. The molecule has 0 bridgehead atoms. The molecule has 1 heterocycles. The Morgan fingerprint density at radius 2 is 2.00 bits per heavy atom. The summed E-state index contributed by atoms with van der Waals surface area (Å²) in [6.07, 6.45) is 3.65. The summed E-state index contributed by atoms with van der Waals surface area (Å²) in [5, 5.41) is 3.64. The third-order valence-electron chi connectivity index (χ3n) is 3.36. The van der Waals surface area contributed by atoms with E-state index in [0.717, 1.165) is 40.5 Å². The Kier molecular flexibility index (Phi) is 5.10. The van der Waals surface area contributed by atoms with Gasteiger partial charge in [-0.05, 0) is 75.7 Å². The summed E-state index contributed by atoms with van der Waals surface area (Å²) in [6.45, 7) is 5.14. The van der Waals surface area contributed by atoms with Gasteiger partial charge < -0.3 is 10.1 Å². The summed E-state index contributed by atoms with van der Waals surface area (Å²) in [5.41, 5.74) is 2.40. The smallest absolute Gasteiger partial charge is 0.0631 e. The zero-order valence-electron chi connectivity index (χ0n) is 10.8. The predicted octanol–water partition coefficient (Wildman–Crippen LogP) is 4.89. The molecule has 0 amide bonds. The number of aryl methyl sites for hydroxylation is 1. The lowest BCUT2D eigenvalue weighted by molar-refractivity contribution is 0.00924. The van der Waals surface area contributed by atoms with Crippen molar-refractivity contribution in [2.24, 2.45) is 0 Å². The highest BCUT2D eigenvalue weighted by Gasteiger charge is 2.22. The molecule has 100 valence electrons. The summed E-state index contributed by atoms with van der Waals surface area (Å²) < 4.78 is 7.95. The molecule has 18 heavy (non-hydrogen) atoms. The topological polar surface area (TPSA) is 21.3 Å². The van der Waals surface area contributed by atoms with Crippen molar-refractivity contribution in [1.82, 2.24) is 0 Å². The zero-order chi connectivity index (χ0) is 13.1. The van der Waals surface area contributed by atoms with Crippen LogP contribution in [0.15, 0.2) is 21.1 Å². The molecule has 0 spiro atoms. The second-order valence-electron chi connectivity index (χ2n) is 4.87. The van der Waals surface area contributed by atoms with E-state index in [4.69, 9.17) is 4.74 Å². The van der Waals surface area contributed by atoms with E-state index in [1.807, 2.05) is 0 Å². The number of benzene rings is 1. The molecular formula is C14H19Br2NO. The van der Waals surface area contributed by atoms with Gasteiger partial charge in [0.15, 0.2) is 0 Å². The first-order chi connectivity index (χ1) is 8.60. The molecule has 1 aliphatic rings. The van der Waals surface area contributed by atoms with Crippen molar-refractivity contribution in [2.75, 3.05) is 11.9 Å². The first kappa shape index (κ1) is 14.4. The van der Waals surface area contributed by atoms with Crippen LogP contribution >= 0.6 is 31.9 Å². The van der Waals surface area contributed by atoms with E-state index in [0.29, 0.717) is 12.1 Å². The largest absolute Gasteiger partial charge is 0.380 e. The van der Waals surface area contributed by atoms with Crippen LogP contribution in [0.3, 0.4) is 0 Å². The van der Waals surface area contributed by atoms with Crippen LogP contribution in [-0.4, -0.2) is 18.8 Å². The number of hydrogen-bond donors (Lipinski definition) is 1. The van der Waals surface area contributed by atoms with E-state index in [1.165, 1.54) is 5.56 Å². The van der Waals surface area contributed by atoms with E-state index in [-0.39, 0.29) is 0 Å². The van der Waals surface area contributed by atoms with Crippen LogP contribution in [0.4, 0.5) is 5.69 Å². The first-order valence-electron chi connectivity index (χ1n) is 6.44. The fraction of sp³-hybridized carbons (Fsp3) is 0.571. The van der Waals surface area contributed by atoms with Gasteiger partial charge in [0.2, 0.25) is 0 Å². The number of halogens is 2. The highest BCUT2D eigenvalue weighted by molar-refractivity contribution is 9.11. The van der Waals surface area contributed by atoms with Crippen molar-refractivity contribution in [3.63, 3.8) is 0 Å². The van der Waals surface area contributed by atoms with Gasteiger partial charge in [-0.2, -0.15) is 0 Å². The van der Waals surface area contributed by atoms with Gasteiger partial charge in [0.25, 0.3) is 0 Å². The third-order valence-corrected chi connectivity index (χ3v) is 4.61. The highest BCUT2D eigenvalue weighted by Crippen LogP contribution is 2.34. The van der Waals surface area contributed by atoms with Gasteiger partial charge >= 0.3 is 0 Å². The van der Waals surface area contributed by atoms with Gasteiger partial charge in [-0.25, -0.2) is 0 Å². The molecule has 1 aliphatic heterocycles. The Labute approximate surface area is 126 Å². The van der Waals surface area contributed by atoms with E-state index in [1.54, 1.807) is 0 Å². The Bertz CT molecular complexity index is 399. The van der Waals surface area contributed by atoms with Crippen LogP contribution in [0, 0.1) is 6.92 Å². The molecule has 2 nitrogen and oxygen atoms in total. The zero-order valence-corrected chi connectivity index (χ0v) is 14.0. The Morgan fingerprint density at radius 1 is 1.33 bits per heavy atom. The van der Waals surface area contributed by atoms with Crippen LogP contribution in [0.25, 0.3) is 0 Å². The summed E-state index contributed by atoms with van der Waals surface area (Å²) in [4.78, 5) is 0. The molecule has 1 aromatic carbocycles. The van der Waals surface area contributed by atoms with Crippen molar-refractivity contribution in [3.8, 4) is 0 Å². The number of anilines is 1. The van der Waals surface area contributed by atoms with Gasteiger partial charge in [-0.3, -0.25) is 0 Å². The van der Waals surface area contributed by atoms with Crippen molar-refractivity contribution in [2.45, 2.75) is 45.3 Å². The van der Waals surface area contributed by atoms with E-state index >= 15 is 0 Å². The minimum Gasteiger partial charge on any atom is -0.380 e. The molecular weight excluding hydrogens is 358 g/mol. The van der Waals surface area contributed by atoms with E-state index < -0.39 is 0 Å². The lowest BCUT2D eigenvalue weighted by atomic mass is 10.0. The Morgan fingerprint density at radius 3 is 2.61 bits per heavy atom. The molecule has 1 fully saturated rings. The van der Waals surface area contributed by atoms with E-state index in [9.17, 15) is 0 Å². The number of nitrogens with one attached hydrogen (secondary N) is 1. The molecule has 0 aromatic heterocycles. The minimum absolute atomic E-state index is 0.402. The average molecular weight is 377 g/mol. The van der Waals surface area contributed by atoms with Crippen molar-refractivity contribution >= 4 is 37.5 Å². The second-order valence-corrected chi connectivity index (χ2v) is 6.58. The van der Waals surface area contributed by atoms with Crippen molar-refractivity contribution in [1.29, 1.82) is 0 Å². The third kappa shape index (κ3) is 3.49. The predicted molar refractivity (Wildman–Crippen MR) is 83.3 cm³/mol. The quantitative estimate of drug-likeness (QED) is 0.810. The molecule has 0 aliphatic carbocycles. The Hall–Kier alpha value is -0.0600. The Balaban J connectivity index is 2.09. The molecule has 0 saturated carbocycles. The molecule has 2 rings (SSSR count). The summed E-state index contributed by atoms with van der Waals surface area (Å²) in [6, 6.07) is 4.78. The molecule has 1 N–H and O–H groups in total. The normalized spacial score (nSPS) is 24.0. The number of hydrogen-bond acceptors (Lipinski definition) is 2. The van der Waals surface area contributed by atoms with Crippen molar-refractivity contribution < 1.29 is 4.74 Å². The molecule has 1 aromatic rings. The van der Waals surface area contributed by atoms with Gasteiger partial charge in [0.1, 0.15) is 0 Å². The van der Waals surface area contributed by atoms with Crippen LogP contribution in [0.1, 0.15) is 31.7 Å². The fourth-order valence-corrected chi connectivity index (χ4v) is 3.98. The molecule has 2 unspecified atom stereocenters. The van der Waals surface area contributed by atoms with Crippen molar-refractivity contribution in [3.05, 3.63) is 26.6 Å². The van der Waals surface area contributed by atoms with Gasteiger partial charge in [0, 0.05) is 21.6 Å². The van der Waals surface area contributed by atoms with Gasteiger partial charge in [-0.1, -0.05) is 6.92 Å². The SMILES string of the molecule is CCC1CC(Nc2c(Br)cc(C)cc2Br)CCO1. The van der Waals surface area contributed by atoms with Crippen LogP contribution in [0.2, 0.25) is 0 Å². The lowest BCUT2D eigenvalue weighted by Gasteiger charge is -2.31. The molecule has 4 heteroatoms. The molecule has 2 atom stereocenters. The van der Waals surface area contributed by atoms with Gasteiger partial charge in [0.05, 0.1) is 11.8 Å². The highest BCUT2D eigenvalue weighted by atomic mass is 79.9. The maximum Gasteiger partial charge on any atom is 0.0631 e. The molecule has 1 saturated heterocycles. The van der Waals surface area contributed by atoms with Crippen LogP contribution < -0.4 is 5.32 Å². The van der Waals surface area contributed by atoms with Crippen LogP contribution in [-0.2, 0) is 4.74 Å². The maximum absolute atomic E-state index is 5.71. The lowest BCUT2D eigenvalue weighted by Crippen LogP contribution is -2.33. The number of ether oxygens (including phenoxy) is 1. The number of rotatable bonds is 3. The monoisotopic (exact) mass is 375 g/mol. The van der Waals surface area contributed by atoms with Gasteiger partial charge in [-0.15, -0.1) is 0 Å². The summed E-state index contributed by atoms with van der Waals surface area (Å²) in [5.74, 6) is 0. The average Bonchev–Trinajstić information content (AvgIpc) is 2.34. The summed E-state index contributed by atoms with van der Waals surface area (Å²) >= 11 is 7.27. The van der Waals surface area contributed by atoms with E-state index in [2.05, 4.69) is 63.2 Å². The minimum atomic E-state index is 0.402. The standard InChI is InChI=1S/C14H19Br2NO/c1-3-11-8-10(4-5-18-11)17-14-12(15)6-9(2)7-13(14)16/h6-7,10-11,17H,3-5,8H2,1-2H3. The summed E-state index contributed by atoms with van der Waals surface area (Å²) in [7, 11) is 0. The fourth-order valence-electron chi connectivity index (χ4n) is 2.34. The molecule has 0 radical (unpaired) electrons.